The Morgan fingerprint density at radius 2 is 0.847 bits per heavy atom. The number of Topliss-reactive ketones (excluding diaryl/α,β-unsaturated/α-hetero) is 1. The van der Waals surface area contributed by atoms with Crippen molar-refractivity contribution in [2.24, 2.45) is 15.0 Å². The van der Waals surface area contributed by atoms with Crippen LogP contribution in [0.2, 0.25) is 39.3 Å². The van der Waals surface area contributed by atoms with Gasteiger partial charge in [0, 0.05) is 101 Å². The fourth-order valence-electron chi connectivity index (χ4n) is 12.7. The second-order valence-corrected chi connectivity index (χ2v) is 43.3. The minimum atomic E-state index is -1.50. The number of amides is 9. The average Bonchev–Trinajstić information content (AvgIpc) is 1.63. The zero-order valence-corrected chi connectivity index (χ0v) is 72.7. The second kappa shape index (κ2) is 41.3. The summed E-state index contributed by atoms with van der Waals surface area (Å²) in [6, 6.07) is 23.1. The number of rotatable bonds is 6. The third kappa shape index (κ3) is 28.3. The van der Waals surface area contributed by atoms with E-state index in [1.807, 2.05) is 62.3 Å². The molecule has 7 saturated heterocycles. The van der Waals surface area contributed by atoms with Gasteiger partial charge in [0.05, 0.1) is 8.07 Å². The van der Waals surface area contributed by atoms with Crippen molar-refractivity contribution in [3.63, 3.8) is 0 Å². The first-order valence-electron chi connectivity index (χ1n) is 36.4. The Balaban J connectivity index is 0.000000296. The SMILES string of the molecule is C#[N+]C[Si](C)(C)C.CC(C)(C)OC(=O)N1CCC(=O)CC1.CC(C)(C)OC(=O)N1CCC2(CC1)C(=NC[Si](C)(C)C)NC(=O)N2c1cccc(F)c1.CN=C1NC(=O)N(c2cccc(F)c2)C12CCN(C(=O)OC(C)(C)C)CC2.CN=C1NC(=O)N(c2cccc(F)c2)C12CCNCC2.N#C[O-].Nc1cccc(F)c1.[K+]. The number of hydrogen-bond acceptors (Lipinski definition) is 17. The van der Waals surface area contributed by atoms with Crippen LogP contribution in [0, 0.1) is 41.4 Å². The molecule has 6 N–H and O–H groups in total. The molecule has 600 valence electrons. The number of nitrogens with two attached hydrogens (primary N) is 1. The molecule has 4 aromatic carbocycles. The molecule has 0 unspecified atom stereocenters. The third-order valence-corrected chi connectivity index (χ3v) is 19.8. The number of piperidine rings is 4. The summed E-state index contributed by atoms with van der Waals surface area (Å²) in [5.74, 6) is 0.612. The number of carbonyl (C=O) groups excluding carboxylic acids is 7. The number of likely N-dealkylation sites (tertiary alicyclic amines) is 3. The number of ketones is 1. The molecule has 7 aliphatic rings. The van der Waals surface area contributed by atoms with Crippen LogP contribution in [0.25, 0.3) is 4.85 Å². The Morgan fingerprint density at radius 1 is 0.541 bits per heavy atom. The summed E-state index contributed by atoms with van der Waals surface area (Å²) in [6.45, 7) is 39.1. The number of anilines is 4. The number of nitriles is 1. The predicted octanol–water partition coefficient (Wildman–Crippen LogP) is 9.71. The molecule has 0 bridgehead atoms. The van der Waals surface area contributed by atoms with Crippen molar-refractivity contribution in [3.05, 3.63) is 125 Å². The minimum absolute atomic E-state index is 0. The fraction of sp³-hybridized carbons (Fsp3) is 0.532. The Kier molecular flexibility index (Phi) is 35.3. The van der Waals surface area contributed by atoms with Crippen LogP contribution in [0.4, 0.5) is 69.1 Å². The summed E-state index contributed by atoms with van der Waals surface area (Å²) in [5.41, 5.74) is 3.67. The van der Waals surface area contributed by atoms with Crippen LogP contribution in [0.3, 0.4) is 0 Å². The van der Waals surface area contributed by atoms with Gasteiger partial charge in [0.1, 0.15) is 88.1 Å². The van der Waals surface area contributed by atoms with Crippen LogP contribution in [-0.4, -0.2) is 203 Å². The first kappa shape index (κ1) is 94.9. The van der Waals surface area contributed by atoms with E-state index in [1.165, 1.54) is 48.5 Å². The molecule has 7 heterocycles. The van der Waals surface area contributed by atoms with Crippen molar-refractivity contribution in [3.8, 4) is 12.8 Å². The van der Waals surface area contributed by atoms with Gasteiger partial charge >= 0.3 is 87.8 Å². The summed E-state index contributed by atoms with van der Waals surface area (Å²) in [4.78, 5) is 112. The molecule has 9 amide bonds. The van der Waals surface area contributed by atoms with E-state index in [2.05, 4.69) is 75.4 Å². The van der Waals surface area contributed by atoms with Gasteiger partial charge in [0.25, 0.3) is 6.57 Å². The van der Waals surface area contributed by atoms with Gasteiger partial charge in [0.2, 0.25) is 6.17 Å². The molecule has 27 nitrogen and oxygen atoms in total. The first-order chi connectivity index (χ1) is 51.3. The number of urea groups is 3. The molecule has 7 fully saturated rings. The van der Waals surface area contributed by atoms with Crippen molar-refractivity contribution in [2.75, 3.05) is 99.2 Å². The van der Waals surface area contributed by atoms with Crippen LogP contribution < -0.4 is 98.2 Å². The summed E-state index contributed by atoms with van der Waals surface area (Å²) in [5, 5.41) is 26.8. The van der Waals surface area contributed by atoms with Gasteiger partial charge in [-0.2, -0.15) is 0 Å². The van der Waals surface area contributed by atoms with E-state index in [0.717, 1.165) is 32.1 Å². The second-order valence-electron chi connectivity index (χ2n) is 32.4. The maximum Gasteiger partial charge on any atom is 1.00 e. The normalized spacial score (nSPS) is 18.7. The number of nitrogens with zero attached hydrogens (tertiary/aromatic N) is 11. The van der Waals surface area contributed by atoms with Crippen LogP contribution in [0.15, 0.2) is 112 Å². The molecule has 0 atom stereocenters. The predicted molar refractivity (Wildman–Crippen MR) is 424 cm³/mol. The van der Waals surface area contributed by atoms with Crippen molar-refractivity contribution < 1.29 is 122 Å². The van der Waals surface area contributed by atoms with Gasteiger partial charge in [-0.15, -0.1) is 0 Å². The van der Waals surface area contributed by atoms with E-state index in [9.17, 15) is 51.1 Å². The summed E-state index contributed by atoms with van der Waals surface area (Å²) in [6.07, 6.45) is 5.39. The van der Waals surface area contributed by atoms with Gasteiger partial charge in [-0.05, 0) is 187 Å². The maximum atomic E-state index is 14.0. The molecule has 0 aromatic heterocycles. The average molecular weight is 1610 g/mol. The molecular formula is C77H110F4KN16O11Si2+. The number of amidine groups is 3. The molecule has 7 aliphatic heterocycles. The van der Waals surface area contributed by atoms with E-state index >= 15 is 0 Å². The van der Waals surface area contributed by atoms with Gasteiger partial charge < -0.3 is 45.1 Å². The van der Waals surface area contributed by atoms with E-state index in [4.69, 9.17) is 41.9 Å². The summed E-state index contributed by atoms with van der Waals surface area (Å²) in [7, 11) is 0.847. The Hall–Kier alpha value is -8.49. The van der Waals surface area contributed by atoms with Gasteiger partial charge in [-0.1, -0.05) is 68.4 Å². The van der Waals surface area contributed by atoms with E-state index in [0.29, 0.717) is 130 Å². The smallest absolute Gasteiger partial charge is 0.812 e. The number of benzene rings is 4. The third-order valence-electron chi connectivity index (χ3n) is 17.6. The van der Waals surface area contributed by atoms with Gasteiger partial charge in [-0.3, -0.25) is 50.4 Å². The Morgan fingerprint density at radius 3 is 1.12 bits per heavy atom. The van der Waals surface area contributed by atoms with Gasteiger partial charge in [0.15, 0.2) is 0 Å². The molecule has 111 heavy (non-hydrogen) atoms. The maximum absolute atomic E-state index is 14.0. The summed E-state index contributed by atoms with van der Waals surface area (Å²) >= 11 is 0. The molecule has 0 saturated carbocycles. The van der Waals surface area contributed by atoms with E-state index in [-0.39, 0.29) is 105 Å². The Bertz CT molecular complexity index is 4020. The largest absolute Gasteiger partial charge is 1.00 e. The molecule has 3 spiro atoms. The van der Waals surface area contributed by atoms with Crippen LogP contribution in [-0.2, 0) is 19.0 Å². The zero-order valence-electron chi connectivity index (χ0n) is 67.5. The van der Waals surface area contributed by atoms with Crippen molar-refractivity contribution in [1.29, 1.82) is 5.26 Å². The molecular weight excluding hydrogens is 1500 g/mol. The summed E-state index contributed by atoms with van der Waals surface area (Å²) < 4.78 is 69.4. The molecule has 0 aliphatic carbocycles. The van der Waals surface area contributed by atoms with Crippen molar-refractivity contribution in [2.45, 2.75) is 186 Å². The number of aliphatic imine (C=N–C) groups is 3. The number of carbonyl (C=O) groups is 7. The molecule has 4 aromatic rings. The van der Waals surface area contributed by atoms with Crippen molar-refractivity contribution >= 4 is 98.6 Å². The molecule has 0 radical (unpaired) electrons. The topological polar surface area (TPSA) is 329 Å². The van der Waals surface area contributed by atoms with Gasteiger partial charge in [-0.25, -0.2) is 51.6 Å². The number of hydrogen-bond donors (Lipinski definition) is 5. The van der Waals surface area contributed by atoms with Crippen LogP contribution in [0.5, 0.6) is 0 Å². The quantitative estimate of drug-likeness (QED) is 0.0394. The number of halogens is 4. The fourth-order valence-corrected chi connectivity index (χ4v) is 13.9. The number of nitrogens with one attached hydrogen (secondary N) is 4. The van der Waals surface area contributed by atoms with Crippen LogP contribution >= 0.6 is 0 Å². The Labute approximate surface area is 694 Å². The first-order valence-corrected chi connectivity index (χ1v) is 43.9. The van der Waals surface area contributed by atoms with Crippen molar-refractivity contribution in [1.82, 2.24) is 36.0 Å². The molecule has 11 rings (SSSR count). The van der Waals surface area contributed by atoms with Crippen LogP contribution in [0.1, 0.15) is 114 Å². The standard InChI is InChI=1S/C22H33FN4O3Si.C19H25FN4O3.C14H17FN4O.C10H17NO3.C6H6FN.C5H12NSi.CHNO.K/c1-21(2,3)30-20(29)26-12-10-22(11-13-26)18(24-15-31(4,5)6)25-19(28)27(22)17-9-7-8-16(23)14-17;1-18(2,3)27-17(26)23-10-8-19(9-11-23)15(21-4)22-16(25)24(19)14-7-5-6-13(20)12-14;1-16-12-14(5-7-17-8-6-14)19(13(20)18-12)11-4-2-3-10(15)9-11;1-10(2,3)14-9(13)11-6-4-8(12)5-7-11;7-5-2-1-3-6(8)4-5;1-6-5-7(2,3)4;2-1-3;/h7-9,14H,10-13,15H2,1-6H3,(H,24,25,28);5-7,12H,8-11H2,1-4H3,(H,21,22,25);2-4,9,17H,5-8H2,1H3,(H,16,18,20);4-7H2,1-3H3;1-4H,8H2;1H,5H2,2-4H3;3H;/q;;;;;+1;;+1/p-1. The molecule has 34 heteroatoms. The monoisotopic (exact) mass is 1610 g/mol. The van der Waals surface area contributed by atoms with E-state index in [1.54, 1.807) is 92.0 Å². The number of ether oxygens (including phenoxy) is 3. The van der Waals surface area contributed by atoms with E-state index < -0.39 is 61.2 Å². The zero-order chi connectivity index (χ0) is 82.4. The number of nitrogen functional groups attached to an aromatic ring is 1. The minimum Gasteiger partial charge on any atom is -0.812 e.